The minimum Gasteiger partial charge on any atom is -0.497 e. The van der Waals surface area contributed by atoms with Crippen LogP contribution in [0.5, 0.6) is 11.5 Å². The van der Waals surface area contributed by atoms with Crippen molar-refractivity contribution in [3.05, 3.63) is 78.3 Å². The Morgan fingerprint density at radius 3 is 2.07 bits per heavy atom. The van der Waals surface area contributed by atoms with Gasteiger partial charge < -0.3 is 19.2 Å². The van der Waals surface area contributed by atoms with E-state index in [1.807, 2.05) is 0 Å². The van der Waals surface area contributed by atoms with Gasteiger partial charge >= 0.3 is 0 Å². The first kappa shape index (κ1) is 20.5. The third kappa shape index (κ3) is 4.60. The molecule has 3 aromatic rings. The van der Waals surface area contributed by atoms with Gasteiger partial charge in [0.15, 0.2) is 9.84 Å². The first-order valence-corrected chi connectivity index (χ1v) is 10.3. The Morgan fingerprint density at radius 1 is 0.966 bits per heavy atom. The second kappa shape index (κ2) is 8.83. The van der Waals surface area contributed by atoms with E-state index < -0.39 is 21.0 Å². The average molecular weight is 415 g/mol. The highest BCUT2D eigenvalue weighted by Gasteiger charge is 2.32. The third-order valence-electron chi connectivity index (χ3n) is 4.42. The van der Waals surface area contributed by atoms with Gasteiger partial charge in [0.2, 0.25) is 0 Å². The zero-order chi connectivity index (χ0) is 20.9. The second-order valence-electron chi connectivity index (χ2n) is 6.16. The molecule has 0 saturated heterocycles. The monoisotopic (exact) mass is 415 g/mol. The summed E-state index contributed by atoms with van der Waals surface area (Å²) >= 11 is 0. The van der Waals surface area contributed by atoms with Crippen molar-refractivity contribution in [1.82, 2.24) is 5.32 Å². The molecule has 1 N–H and O–H groups in total. The van der Waals surface area contributed by atoms with Crippen molar-refractivity contribution in [1.29, 1.82) is 0 Å². The fourth-order valence-corrected chi connectivity index (χ4v) is 4.38. The smallest absolute Gasteiger partial charge is 0.251 e. The topological polar surface area (TPSA) is 94.8 Å². The molecule has 152 valence electrons. The lowest BCUT2D eigenvalue weighted by Crippen LogP contribution is -2.31. The Kier molecular flexibility index (Phi) is 6.23. The van der Waals surface area contributed by atoms with Gasteiger partial charge in [0.25, 0.3) is 5.91 Å². The third-order valence-corrected chi connectivity index (χ3v) is 6.50. The quantitative estimate of drug-likeness (QED) is 0.607. The maximum Gasteiger partial charge on any atom is 0.251 e. The lowest BCUT2D eigenvalue weighted by Gasteiger charge is -2.17. The summed E-state index contributed by atoms with van der Waals surface area (Å²) < 4.78 is 41.9. The fraction of sp³-hybridized carbons (Fsp3) is 0.190. The highest BCUT2D eigenvalue weighted by Crippen LogP contribution is 2.30. The van der Waals surface area contributed by atoms with Gasteiger partial charge in [-0.2, -0.15) is 0 Å². The molecular weight excluding hydrogens is 394 g/mol. The molecule has 1 aromatic heterocycles. The van der Waals surface area contributed by atoms with E-state index in [4.69, 9.17) is 13.9 Å². The normalized spacial score (nSPS) is 12.2. The Bertz CT molecular complexity index is 1040. The Hall–Kier alpha value is -3.26. The highest BCUT2D eigenvalue weighted by molar-refractivity contribution is 7.91. The number of carbonyl (C=O) groups excluding carboxylic acids is 1. The van der Waals surface area contributed by atoms with E-state index in [1.165, 1.54) is 32.6 Å². The van der Waals surface area contributed by atoms with Crippen molar-refractivity contribution in [3.8, 4) is 11.5 Å². The molecule has 8 heteroatoms. The summed E-state index contributed by atoms with van der Waals surface area (Å²) in [6, 6.07) is 15.8. The van der Waals surface area contributed by atoms with Crippen LogP contribution >= 0.6 is 0 Å². The fourth-order valence-electron chi connectivity index (χ4n) is 2.80. The molecule has 0 fully saturated rings. The summed E-state index contributed by atoms with van der Waals surface area (Å²) in [5.41, 5.74) is 0.394. The number of hydrogen-bond donors (Lipinski definition) is 1. The van der Waals surface area contributed by atoms with E-state index in [2.05, 4.69) is 5.32 Å². The predicted molar refractivity (Wildman–Crippen MR) is 107 cm³/mol. The van der Waals surface area contributed by atoms with Gasteiger partial charge in [-0.25, -0.2) is 8.42 Å². The molecule has 2 aromatic carbocycles. The molecule has 0 bridgehead atoms. The molecular formula is C21H21NO6S. The van der Waals surface area contributed by atoms with E-state index >= 15 is 0 Å². The standard InChI is InChI=1S/C21H21NO6S/c1-26-16-7-5-15(6-8-16)21(23)22-14-20(19-4-3-13-28-19)29(24,25)18-11-9-17(27-2)10-12-18/h3-13,20H,14H2,1-2H3,(H,22,23)/t20-/m0/s1. The van der Waals surface area contributed by atoms with Crippen molar-refractivity contribution in [2.24, 2.45) is 0 Å². The largest absolute Gasteiger partial charge is 0.497 e. The number of amides is 1. The van der Waals surface area contributed by atoms with Gasteiger partial charge in [-0.1, -0.05) is 0 Å². The molecule has 0 aliphatic rings. The van der Waals surface area contributed by atoms with E-state index in [0.29, 0.717) is 17.1 Å². The molecule has 0 unspecified atom stereocenters. The van der Waals surface area contributed by atoms with E-state index in [-0.39, 0.29) is 17.2 Å². The zero-order valence-corrected chi connectivity index (χ0v) is 16.8. The molecule has 7 nitrogen and oxygen atoms in total. The van der Waals surface area contributed by atoms with E-state index in [9.17, 15) is 13.2 Å². The number of hydrogen-bond acceptors (Lipinski definition) is 6. The number of ether oxygens (including phenoxy) is 2. The van der Waals surface area contributed by atoms with Crippen LogP contribution < -0.4 is 14.8 Å². The Labute approximate surface area is 169 Å². The minimum atomic E-state index is -3.82. The number of carbonyl (C=O) groups is 1. The molecule has 1 amide bonds. The summed E-state index contributed by atoms with van der Waals surface area (Å²) in [6.07, 6.45) is 1.40. The minimum absolute atomic E-state index is 0.110. The van der Waals surface area contributed by atoms with Gasteiger partial charge in [-0.05, 0) is 60.7 Å². The second-order valence-corrected chi connectivity index (χ2v) is 8.29. The van der Waals surface area contributed by atoms with E-state index in [0.717, 1.165) is 0 Å². The molecule has 0 aliphatic heterocycles. The van der Waals surface area contributed by atoms with Gasteiger partial charge in [0.05, 0.1) is 25.4 Å². The predicted octanol–water partition coefficient (Wildman–Crippen LogP) is 3.24. The lowest BCUT2D eigenvalue weighted by atomic mass is 10.2. The van der Waals surface area contributed by atoms with Crippen molar-refractivity contribution >= 4 is 15.7 Å². The van der Waals surface area contributed by atoms with Crippen LogP contribution in [0, 0.1) is 0 Å². The van der Waals surface area contributed by atoms with Gasteiger partial charge in [-0.3, -0.25) is 4.79 Å². The summed E-state index contributed by atoms with van der Waals surface area (Å²) in [5.74, 6) is 1.02. The van der Waals surface area contributed by atoms with E-state index in [1.54, 1.807) is 48.5 Å². The van der Waals surface area contributed by atoms with Crippen LogP contribution in [0.4, 0.5) is 0 Å². The average Bonchev–Trinajstić information content (AvgIpc) is 3.28. The number of methoxy groups -OCH3 is 2. The van der Waals surface area contributed by atoms with Crippen LogP contribution in [-0.4, -0.2) is 35.1 Å². The van der Waals surface area contributed by atoms with Gasteiger partial charge in [-0.15, -0.1) is 0 Å². The van der Waals surface area contributed by atoms with Crippen LogP contribution in [-0.2, 0) is 9.84 Å². The zero-order valence-electron chi connectivity index (χ0n) is 16.0. The molecule has 1 atom stereocenters. The first-order chi connectivity index (χ1) is 14.0. The van der Waals surface area contributed by atoms with Gasteiger partial charge in [0.1, 0.15) is 22.5 Å². The highest BCUT2D eigenvalue weighted by atomic mass is 32.2. The lowest BCUT2D eigenvalue weighted by molar-refractivity contribution is 0.0953. The van der Waals surface area contributed by atoms with Crippen LogP contribution in [0.3, 0.4) is 0 Å². The summed E-state index contributed by atoms with van der Waals surface area (Å²) in [6.45, 7) is -0.146. The van der Waals surface area contributed by atoms with Crippen LogP contribution in [0.1, 0.15) is 21.4 Å². The first-order valence-electron chi connectivity index (χ1n) is 8.79. The molecule has 29 heavy (non-hydrogen) atoms. The van der Waals surface area contributed by atoms with Crippen LogP contribution in [0.25, 0.3) is 0 Å². The molecule has 0 radical (unpaired) electrons. The van der Waals surface area contributed by atoms with Crippen molar-refractivity contribution in [2.45, 2.75) is 10.1 Å². The Morgan fingerprint density at radius 2 is 1.55 bits per heavy atom. The molecule has 1 heterocycles. The summed E-state index contributed by atoms with van der Waals surface area (Å²) in [7, 11) is -0.783. The number of rotatable bonds is 8. The van der Waals surface area contributed by atoms with Gasteiger partial charge in [0, 0.05) is 12.1 Å². The van der Waals surface area contributed by atoms with Crippen LogP contribution in [0.2, 0.25) is 0 Å². The molecule has 3 rings (SSSR count). The summed E-state index contributed by atoms with van der Waals surface area (Å²) in [5, 5.41) is 1.60. The number of furan rings is 1. The summed E-state index contributed by atoms with van der Waals surface area (Å²) in [4.78, 5) is 12.6. The molecule has 0 saturated carbocycles. The SMILES string of the molecule is COc1ccc(C(=O)NC[C@@H](c2ccco2)S(=O)(=O)c2ccc(OC)cc2)cc1. The van der Waals surface area contributed by atoms with Crippen LogP contribution in [0.15, 0.2) is 76.2 Å². The Balaban J connectivity index is 1.82. The molecule has 0 aliphatic carbocycles. The maximum absolute atomic E-state index is 13.2. The molecule has 0 spiro atoms. The van der Waals surface area contributed by atoms with Crippen molar-refractivity contribution < 1.29 is 27.1 Å². The van der Waals surface area contributed by atoms with Crippen molar-refractivity contribution in [2.75, 3.05) is 20.8 Å². The number of nitrogens with one attached hydrogen (secondary N) is 1. The maximum atomic E-state index is 13.2. The number of benzene rings is 2. The number of sulfone groups is 1. The van der Waals surface area contributed by atoms with Crippen molar-refractivity contribution in [3.63, 3.8) is 0 Å².